The van der Waals surface area contributed by atoms with E-state index in [0.717, 1.165) is 43.4 Å². The molecule has 2 heteroatoms. The standard InChI is InChI=1S/C20H34O2/c1-12-4-7-16-15-6-5-13-10-14(21)8-9-19(13,2)18(15)17(22)11-20(12,16)3/h12-18,21-22H,4-11H2,1-3H3/t12-,13+,14-,15+,16+,17+,18-,19+,20-/m1/s1. The second-order valence-electron chi connectivity index (χ2n) is 9.76. The van der Waals surface area contributed by atoms with Gasteiger partial charge in [-0.1, -0.05) is 20.8 Å². The summed E-state index contributed by atoms with van der Waals surface area (Å²) in [5, 5.41) is 21.2. The molecule has 126 valence electrons. The minimum absolute atomic E-state index is 0.0906. The van der Waals surface area contributed by atoms with Crippen molar-refractivity contribution in [3.8, 4) is 0 Å². The molecule has 9 atom stereocenters. The van der Waals surface area contributed by atoms with Crippen LogP contribution in [0.2, 0.25) is 0 Å². The maximum atomic E-state index is 11.1. The quantitative estimate of drug-likeness (QED) is 0.710. The highest BCUT2D eigenvalue weighted by Gasteiger charge is 2.62. The van der Waals surface area contributed by atoms with E-state index in [1.807, 2.05) is 0 Å². The van der Waals surface area contributed by atoms with Crippen molar-refractivity contribution in [3.63, 3.8) is 0 Å². The zero-order chi connectivity index (χ0) is 15.7. The molecule has 4 saturated carbocycles. The molecule has 0 spiro atoms. The first-order chi connectivity index (χ1) is 10.4. The van der Waals surface area contributed by atoms with Crippen LogP contribution in [-0.2, 0) is 0 Å². The summed E-state index contributed by atoms with van der Waals surface area (Å²) in [7, 11) is 0. The number of aliphatic hydroxyl groups excluding tert-OH is 2. The van der Waals surface area contributed by atoms with Gasteiger partial charge in [-0.2, -0.15) is 0 Å². The molecule has 2 N–H and O–H groups in total. The van der Waals surface area contributed by atoms with Crippen LogP contribution in [0.4, 0.5) is 0 Å². The van der Waals surface area contributed by atoms with Gasteiger partial charge in [-0.15, -0.1) is 0 Å². The molecule has 4 fully saturated rings. The lowest BCUT2D eigenvalue weighted by Crippen LogP contribution is -2.58. The van der Waals surface area contributed by atoms with E-state index in [-0.39, 0.29) is 17.6 Å². The fraction of sp³-hybridized carbons (Fsp3) is 1.00. The molecule has 0 bridgehead atoms. The van der Waals surface area contributed by atoms with Crippen LogP contribution < -0.4 is 0 Å². The van der Waals surface area contributed by atoms with E-state index >= 15 is 0 Å². The topological polar surface area (TPSA) is 40.5 Å². The third-order valence-electron chi connectivity index (χ3n) is 9.04. The van der Waals surface area contributed by atoms with Crippen molar-refractivity contribution in [2.45, 2.75) is 84.3 Å². The molecule has 2 nitrogen and oxygen atoms in total. The van der Waals surface area contributed by atoms with E-state index in [4.69, 9.17) is 0 Å². The molecule has 4 rings (SSSR count). The SMILES string of the molecule is C[C@@H]1CC[C@H]2[C@@H]3CC[C@H]4C[C@H](O)CC[C@]4(C)[C@H]3[C@@H](O)C[C@]12C. The molecule has 0 aliphatic heterocycles. The van der Waals surface area contributed by atoms with Crippen LogP contribution in [0.15, 0.2) is 0 Å². The number of hydrogen-bond donors (Lipinski definition) is 2. The van der Waals surface area contributed by atoms with Gasteiger partial charge in [0.05, 0.1) is 12.2 Å². The molecule has 0 saturated heterocycles. The summed E-state index contributed by atoms with van der Waals surface area (Å²) in [5.41, 5.74) is 0.646. The van der Waals surface area contributed by atoms with Crippen molar-refractivity contribution in [2.75, 3.05) is 0 Å². The summed E-state index contributed by atoms with van der Waals surface area (Å²) in [4.78, 5) is 0. The summed E-state index contributed by atoms with van der Waals surface area (Å²) >= 11 is 0. The Balaban J connectivity index is 1.68. The number of fused-ring (bicyclic) bond motifs is 5. The van der Waals surface area contributed by atoms with Gasteiger partial charge in [-0.3, -0.25) is 0 Å². The fourth-order valence-electron chi connectivity index (χ4n) is 7.61. The van der Waals surface area contributed by atoms with E-state index in [9.17, 15) is 10.2 Å². The van der Waals surface area contributed by atoms with Gasteiger partial charge in [-0.25, -0.2) is 0 Å². The first-order valence-corrected chi connectivity index (χ1v) is 9.72. The lowest BCUT2D eigenvalue weighted by atomic mass is 9.44. The Morgan fingerprint density at radius 2 is 1.68 bits per heavy atom. The van der Waals surface area contributed by atoms with Crippen LogP contribution in [0.3, 0.4) is 0 Å². The Kier molecular flexibility index (Phi) is 3.48. The first kappa shape index (κ1) is 15.4. The van der Waals surface area contributed by atoms with E-state index < -0.39 is 0 Å². The molecule has 0 aromatic rings. The van der Waals surface area contributed by atoms with Crippen molar-refractivity contribution in [1.82, 2.24) is 0 Å². The molecule has 0 aromatic heterocycles. The summed E-state index contributed by atoms with van der Waals surface area (Å²) < 4.78 is 0. The normalized spacial score (nSPS) is 61.2. The van der Waals surface area contributed by atoms with Gasteiger partial charge in [0, 0.05) is 0 Å². The molecular weight excluding hydrogens is 272 g/mol. The van der Waals surface area contributed by atoms with Gasteiger partial charge in [0.25, 0.3) is 0 Å². The molecular formula is C20H34O2. The van der Waals surface area contributed by atoms with E-state index in [2.05, 4.69) is 20.8 Å². The summed E-state index contributed by atoms with van der Waals surface area (Å²) in [6.07, 6.45) is 9.17. The van der Waals surface area contributed by atoms with Crippen molar-refractivity contribution in [3.05, 3.63) is 0 Å². The van der Waals surface area contributed by atoms with Crippen molar-refractivity contribution in [2.24, 2.45) is 40.4 Å². The Morgan fingerprint density at radius 3 is 2.45 bits per heavy atom. The zero-order valence-electron chi connectivity index (χ0n) is 14.6. The van der Waals surface area contributed by atoms with Crippen LogP contribution >= 0.6 is 0 Å². The lowest BCUT2D eigenvalue weighted by Gasteiger charge is -2.62. The third-order valence-corrected chi connectivity index (χ3v) is 9.04. The smallest absolute Gasteiger partial charge is 0.0581 e. The van der Waals surface area contributed by atoms with Gasteiger partial charge >= 0.3 is 0 Å². The van der Waals surface area contributed by atoms with Crippen LogP contribution in [0.5, 0.6) is 0 Å². The van der Waals surface area contributed by atoms with Crippen LogP contribution in [0, 0.1) is 40.4 Å². The Hall–Kier alpha value is -0.0800. The molecule has 4 aliphatic carbocycles. The Labute approximate surface area is 135 Å². The first-order valence-electron chi connectivity index (χ1n) is 9.72. The van der Waals surface area contributed by atoms with Crippen molar-refractivity contribution in [1.29, 1.82) is 0 Å². The van der Waals surface area contributed by atoms with E-state index in [1.54, 1.807) is 0 Å². The molecule has 0 aromatic carbocycles. The number of rotatable bonds is 0. The van der Waals surface area contributed by atoms with Gasteiger partial charge < -0.3 is 10.2 Å². The van der Waals surface area contributed by atoms with Crippen LogP contribution in [0.25, 0.3) is 0 Å². The second kappa shape index (κ2) is 4.96. The van der Waals surface area contributed by atoms with Gasteiger partial charge in [0.1, 0.15) is 0 Å². The van der Waals surface area contributed by atoms with Crippen LogP contribution in [-0.4, -0.2) is 22.4 Å². The summed E-state index contributed by atoms with van der Waals surface area (Å²) in [6.45, 7) is 7.33. The maximum Gasteiger partial charge on any atom is 0.0581 e. The highest BCUT2D eigenvalue weighted by atomic mass is 16.3. The predicted molar refractivity (Wildman–Crippen MR) is 88.3 cm³/mol. The molecule has 0 heterocycles. The van der Waals surface area contributed by atoms with Gasteiger partial charge in [0.2, 0.25) is 0 Å². The van der Waals surface area contributed by atoms with Gasteiger partial charge in [0.15, 0.2) is 0 Å². The predicted octanol–water partition coefficient (Wildman–Crippen LogP) is 4.00. The minimum Gasteiger partial charge on any atom is -0.393 e. The summed E-state index contributed by atoms with van der Waals surface area (Å²) in [5.74, 6) is 3.46. The Bertz CT molecular complexity index is 449. The highest BCUT2D eigenvalue weighted by molar-refractivity contribution is 5.11. The fourth-order valence-corrected chi connectivity index (χ4v) is 7.61. The Morgan fingerprint density at radius 1 is 0.909 bits per heavy atom. The largest absolute Gasteiger partial charge is 0.393 e. The molecule has 0 amide bonds. The number of aliphatic hydroxyl groups is 2. The van der Waals surface area contributed by atoms with Gasteiger partial charge in [-0.05, 0) is 91.8 Å². The number of hydrogen-bond acceptors (Lipinski definition) is 2. The minimum atomic E-state index is -0.116. The highest BCUT2D eigenvalue weighted by Crippen LogP contribution is 2.67. The summed E-state index contributed by atoms with van der Waals surface area (Å²) in [6, 6.07) is 0. The van der Waals surface area contributed by atoms with E-state index in [1.165, 1.54) is 25.7 Å². The van der Waals surface area contributed by atoms with Crippen LogP contribution in [0.1, 0.15) is 72.1 Å². The monoisotopic (exact) mass is 306 g/mol. The average Bonchev–Trinajstić information content (AvgIpc) is 2.75. The van der Waals surface area contributed by atoms with Crippen molar-refractivity contribution >= 4 is 0 Å². The molecule has 0 unspecified atom stereocenters. The molecule has 4 aliphatic rings. The third kappa shape index (κ3) is 1.92. The maximum absolute atomic E-state index is 11.1. The lowest BCUT2D eigenvalue weighted by molar-refractivity contribution is -0.176. The molecule has 22 heavy (non-hydrogen) atoms. The average molecular weight is 306 g/mol. The second-order valence-corrected chi connectivity index (χ2v) is 9.76. The van der Waals surface area contributed by atoms with Crippen molar-refractivity contribution < 1.29 is 10.2 Å². The zero-order valence-corrected chi connectivity index (χ0v) is 14.6. The van der Waals surface area contributed by atoms with E-state index in [0.29, 0.717) is 17.3 Å². The molecule has 0 radical (unpaired) electrons.